The molecule has 0 unspecified atom stereocenters. The van der Waals surface area contributed by atoms with Gasteiger partial charge in [0.05, 0.1) is 27.0 Å². The summed E-state index contributed by atoms with van der Waals surface area (Å²) in [5.41, 5.74) is 5.16. The van der Waals surface area contributed by atoms with E-state index >= 15 is 0 Å². The summed E-state index contributed by atoms with van der Waals surface area (Å²) in [5, 5.41) is 13.5. The number of thiazole rings is 1. The van der Waals surface area contributed by atoms with Gasteiger partial charge in [-0.05, 0) is 18.2 Å². The maximum absolute atomic E-state index is 9.32. The van der Waals surface area contributed by atoms with Crippen molar-refractivity contribution in [1.29, 1.82) is 5.26 Å². The number of aryl methyl sites for hydroxylation is 1. The number of hydrogen-bond acceptors (Lipinski definition) is 4. The standard InChI is InChI=1S/C12H8N4S/c1-16-11(4-5-15-16)8-2-3-10-12(9(8)6-13)17-7-14-10/h2-5,7H,1H3. The lowest BCUT2D eigenvalue weighted by Crippen LogP contribution is -1.95. The Labute approximate surface area is 102 Å². The van der Waals surface area contributed by atoms with Crippen LogP contribution in [0.4, 0.5) is 0 Å². The lowest BCUT2D eigenvalue weighted by Gasteiger charge is -2.04. The molecule has 0 radical (unpaired) electrons. The van der Waals surface area contributed by atoms with Gasteiger partial charge in [0, 0.05) is 18.8 Å². The second kappa shape index (κ2) is 3.68. The first-order valence-corrected chi connectivity index (χ1v) is 5.94. The summed E-state index contributed by atoms with van der Waals surface area (Å²) < 4.78 is 2.70. The third kappa shape index (κ3) is 1.42. The van der Waals surface area contributed by atoms with Crippen LogP contribution in [0.3, 0.4) is 0 Å². The molecule has 1 aromatic carbocycles. The summed E-state index contributed by atoms with van der Waals surface area (Å²) in [5.74, 6) is 0. The number of nitrogens with zero attached hydrogens (tertiary/aromatic N) is 4. The molecule has 0 aliphatic rings. The van der Waals surface area contributed by atoms with Crippen molar-refractivity contribution < 1.29 is 0 Å². The molecule has 0 N–H and O–H groups in total. The number of fused-ring (bicyclic) bond motifs is 1. The summed E-state index contributed by atoms with van der Waals surface area (Å²) in [6, 6.07) is 8.04. The van der Waals surface area contributed by atoms with Crippen LogP contribution in [-0.4, -0.2) is 14.8 Å². The molecule has 0 spiro atoms. The highest BCUT2D eigenvalue weighted by atomic mass is 32.1. The summed E-state index contributed by atoms with van der Waals surface area (Å²) in [6.45, 7) is 0. The SMILES string of the molecule is Cn1nccc1-c1ccc2ncsc2c1C#N. The van der Waals surface area contributed by atoms with Gasteiger partial charge in [-0.25, -0.2) is 4.98 Å². The van der Waals surface area contributed by atoms with Crippen LogP contribution in [0.15, 0.2) is 29.9 Å². The van der Waals surface area contributed by atoms with Gasteiger partial charge in [0.25, 0.3) is 0 Å². The molecule has 2 heterocycles. The maximum atomic E-state index is 9.32. The quantitative estimate of drug-likeness (QED) is 0.657. The fraction of sp³-hybridized carbons (Fsp3) is 0.0833. The van der Waals surface area contributed by atoms with Gasteiger partial charge < -0.3 is 0 Å². The molecule has 0 bridgehead atoms. The van der Waals surface area contributed by atoms with E-state index in [9.17, 15) is 5.26 Å². The van der Waals surface area contributed by atoms with Gasteiger partial charge >= 0.3 is 0 Å². The Morgan fingerprint density at radius 2 is 2.24 bits per heavy atom. The van der Waals surface area contributed by atoms with Crippen molar-refractivity contribution in [3.8, 4) is 17.3 Å². The van der Waals surface area contributed by atoms with E-state index < -0.39 is 0 Å². The normalized spacial score (nSPS) is 10.6. The molecule has 3 rings (SSSR count). The molecule has 0 fully saturated rings. The van der Waals surface area contributed by atoms with Crippen molar-refractivity contribution >= 4 is 21.6 Å². The second-order valence-electron chi connectivity index (χ2n) is 3.64. The van der Waals surface area contributed by atoms with E-state index in [1.54, 1.807) is 16.4 Å². The summed E-state index contributed by atoms with van der Waals surface area (Å²) >= 11 is 1.49. The maximum Gasteiger partial charge on any atom is 0.101 e. The smallest absolute Gasteiger partial charge is 0.101 e. The Morgan fingerprint density at radius 3 is 2.94 bits per heavy atom. The molecule has 82 valence electrons. The number of hydrogen-bond donors (Lipinski definition) is 0. The molecule has 0 atom stereocenters. The van der Waals surface area contributed by atoms with Crippen LogP contribution in [0.5, 0.6) is 0 Å². The predicted molar refractivity (Wildman–Crippen MR) is 66.5 cm³/mol. The van der Waals surface area contributed by atoms with Crippen LogP contribution in [0.1, 0.15) is 5.56 Å². The van der Waals surface area contributed by atoms with E-state index in [0.29, 0.717) is 5.56 Å². The first-order chi connectivity index (χ1) is 8.31. The Hall–Kier alpha value is -2.19. The first-order valence-electron chi connectivity index (χ1n) is 5.06. The minimum absolute atomic E-state index is 0.675. The van der Waals surface area contributed by atoms with Gasteiger partial charge in [-0.3, -0.25) is 4.68 Å². The average Bonchev–Trinajstić information content (AvgIpc) is 2.95. The Kier molecular flexibility index (Phi) is 2.16. The van der Waals surface area contributed by atoms with Gasteiger partial charge in [0.1, 0.15) is 6.07 Å². The highest BCUT2D eigenvalue weighted by Crippen LogP contribution is 2.31. The van der Waals surface area contributed by atoms with Crippen LogP contribution in [-0.2, 0) is 7.05 Å². The Bertz CT molecular complexity index is 732. The number of nitriles is 1. The molecule has 0 saturated carbocycles. The molecule has 17 heavy (non-hydrogen) atoms. The van der Waals surface area contributed by atoms with Crippen LogP contribution >= 0.6 is 11.3 Å². The third-order valence-corrected chi connectivity index (χ3v) is 3.57. The van der Waals surface area contributed by atoms with Crippen molar-refractivity contribution in [2.75, 3.05) is 0 Å². The summed E-state index contributed by atoms with van der Waals surface area (Å²) in [7, 11) is 1.87. The fourth-order valence-corrected chi connectivity index (χ4v) is 2.68. The molecule has 4 nitrogen and oxygen atoms in total. The average molecular weight is 240 g/mol. The van der Waals surface area contributed by atoms with E-state index in [2.05, 4.69) is 16.2 Å². The zero-order valence-electron chi connectivity index (χ0n) is 9.08. The third-order valence-electron chi connectivity index (χ3n) is 2.71. The van der Waals surface area contributed by atoms with E-state index in [1.807, 2.05) is 25.2 Å². The zero-order chi connectivity index (χ0) is 11.8. The van der Waals surface area contributed by atoms with Gasteiger partial charge in [0.15, 0.2) is 0 Å². The molecular formula is C12H8N4S. The van der Waals surface area contributed by atoms with Crippen molar-refractivity contribution in [3.63, 3.8) is 0 Å². The second-order valence-corrected chi connectivity index (χ2v) is 4.50. The lowest BCUT2D eigenvalue weighted by atomic mass is 10.0. The Morgan fingerprint density at radius 1 is 1.35 bits per heavy atom. The summed E-state index contributed by atoms with van der Waals surface area (Å²) in [4.78, 5) is 4.22. The minimum Gasteiger partial charge on any atom is -0.268 e. The van der Waals surface area contributed by atoms with Gasteiger partial charge in [0.2, 0.25) is 0 Å². The largest absolute Gasteiger partial charge is 0.268 e. The molecular weight excluding hydrogens is 232 g/mol. The van der Waals surface area contributed by atoms with Crippen molar-refractivity contribution in [1.82, 2.24) is 14.8 Å². The molecule has 5 heteroatoms. The predicted octanol–water partition coefficient (Wildman–Crippen LogP) is 2.57. The van der Waals surface area contributed by atoms with E-state index in [4.69, 9.17) is 0 Å². The molecule has 3 aromatic rings. The van der Waals surface area contributed by atoms with Crippen molar-refractivity contribution in [2.45, 2.75) is 0 Å². The molecule has 2 aromatic heterocycles. The molecule has 0 saturated heterocycles. The topological polar surface area (TPSA) is 54.5 Å². The van der Waals surface area contributed by atoms with Crippen LogP contribution in [0.2, 0.25) is 0 Å². The molecule has 0 amide bonds. The highest BCUT2D eigenvalue weighted by molar-refractivity contribution is 7.17. The van der Waals surface area contributed by atoms with E-state index in [1.165, 1.54) is 11.3 Å². The Balaban J connectivity index is 2.38. The monoisotopic (exact) mass is 240 g/mol. The zero-order valence-corrected chi connectivity index (χ0v) is 9.90. The van der Waals surface area contributed by atoms with Gasteiger partial charge in [-0.1, -0.05) is 0 Å². The molecule has 0 aliphatic heterocycles. The lowest BCUT2D eigenvalue weighted by molar-refractivity contribution is 0.776. The minimum atomic E-state index is 0.675. The number of benzene rings is 1. The van der Waals surface area contributed by atoms with Crippen molar-refractivity contribution in [2.24, 2.45) is 7.05 Å². The first kappa shape index (κ1) is 10.00. The molecule has 0 aliphatic carbocycles. The van der Waals surface area contributed by atoms with E-state index in [0.717, 1.165) is 21.5 Å². The fourth-order valence-electron chi connectivity index (χ4n) is 1.89. The van der Waals surface area contributed by atoms with E-state index in [-0.39, 0.29) is 0 Å². The van der Waals surface area contributed by atoms with Crippen LogP contribution in [0, 0.1) is 11.3 Å². The highest BCUT2D eigenvalue weighted by Gasteiger charge is 2.13. The van der Waals surface area contributed by atoms with Crippen LogP contribution < -0.4 is 0 Å². The van der Waals surface area contributed by atoms with Gasteiger partial charge in [-0.15, -0.1) is 11.3 Å². The van der Waals surface area contributed by atoms with Gasteiger partial charge in [-0.2, -0.15) is 10.4 Å². The summed E-state index contributed by atoms with van der Waals surface area (Å²) in [6.07, 6.45) is 1.73. The number of rotatable bonds is 1. The number of aromatic nitrogens is 3. The van der Waals surface area contributed by atoms with Crippen molar-refractivity contribution in [3.05, 3.63) is 35.5 Å². The van der Waals surface area contributed by atoms with Crippen LogP contribution in [0.25, 0.3) is 21.5 Å².